The molecule has 3 atom stereocenters. The maximum absolute atomic E-state index is 12.4. The standard InChI is InChI=1S/C17H24N2O2.ClH/c1-21-11-12-5-4-7-14(9-12)18-17(20)16-10-13-6-2-3-8-15(13)19-16;/h4-5,7,9,13,15-16,19H,2-3,6,8,10-11H2,1H3,(H,18,20);1H. The lowest BCUT2D eigenvalue weighted by Crippen LogP contribution is -2.39. The molecule has 1 saturated carbocycles. The average Bonchev–Trinajstić information content (AvgIpc) is 2.92. The molecule has 0 aromatic heterocycles. The molecule has 2 aliphatic rings. The Balaban J connectivity index is 0.00000176. The second-order valence-electron chi connectivity index (χ2n) is 6.23. The molecule has 3 rings (SSSR count). The molecule has 22 heavy (non-hydrogen) atoms. The van der Waals surface area contributed by atoms with E-state index < -0.39 is 0 Å². The lowest BCUT2D eigenvalue weighted by Gasteiger charge is -2.24. The van der Waals surface area contributed by atoms with Crippen LogP contribution in [-0.2, 0) is 16.1 Å². The Morgan fingerprint density at radius 1 is 1.36 bits per heavy atom. The van der Waals surface area contributed by atoms with Crippen LogP contribution in [0.1, 0.15) is 37.7 Å². The fourth-order valence-electron chi connectivity index (χ4n) is 3.66. The van der Waals surface area contributed by atoms with Crippen LogP contribution in [0.5, 0.6) is 0 Å². The summed E-state index contributed by atoms with van der Waals surface area (Å²) in [5.74, 6) is 0.785. The van der Waals surface area contributed by atoms with Gasteiger partial charge in [0.1, 0.15) is 0 Å². The number of carbonyl (C=O) groups excluding carboxylic acids is 1. The normalized spacial score (nSPS) is 26.9. The number of hydrogen-bond acceptors (Lipinski definition) is 3. The zero-order valence-corrected chi connectivity index (χ0v) is 13.8. The van der Waals surface area contributed by atoms with Gasteiger partial charge >= 0.3 is 0 Å². The summed E-state index contributed by atoms with van der Waals surface area (Å²) in [6.07, 6.45) is 6.08. The number of hydrogen-bond donors (Lipinski definition) is 2. The molecule has 5 heteroatoms. The number of ether oxygens (including phenoxy) is 1. The third kappa shape index (κ3) is 4.00. The van der Waals surface area contributed by atoms with Crippen molar-refractivity contribution in [3.63, 3.8) is 0 Å². The maximum Gasteiger partial charge on any atom is 0.241 e. The summed E-state index contributed by atoms with van der Waals surface area (Å²) >= 11 is 0. The Labute approximate surface area is 138 Å². The van der Waals surface area contributed by atoms with Crippen molar-refractivity contribution in [2.24, 2.45) is 5.92 Å². The molecule has 1 aliphatic carbocycles. The second kappa shape index (κ2) is 7.95. The van der Waals surface area contributed by atoms with Crippen molar-refractivity contribution < 1.29 is 9.53 Å². The van der Waals surface area contributed by atoms with E-state index >= 15 is 0 Å². The smallest absolute Gasteiger partial charge is 0.241 e. The fourth-order valence-corrected chi connectivity index (χ4v) is 3.66. The molecule has 4 nitrogen and oxygen atoms in total. The van der Waals surface area contributed by atoms with Gasteiger partial charge in [-0.25, -0.2) is 0 Å². The molecule has 122 valence electrons. The lowest BCUT2D eigenvalue weighted by atomic mass is 9.85. The van der Waals surface area contributed by atoms with Gasteiger partial charge in [0.25, 0.3) is 0 Å². The van der Waals surface area contributed by atoms with Crippen LogP contribution in [0.4, 0.5) is 5.69 Å². The highest BCUT2D eigenvalue weighted by atomic mass is 35.5. The second-order valence-corrected chi connectivity index (χ2v) is 6.23. The first kappa shape index (κ1) is 17.3. The number of methoxy groups -OCH3 is 1. The van der Waals surface area contributed by atoms with Crippen LogP contribution < -0.4 is 10.6 Å². The Morgan fingerprint density at radius 2 is 2.18 bits per heavy atom. The minimum atomic E-state index is -0.0378. The minimum Gasteiger partial charge on any atom is -0.380 e. The van der Waals surface area contributed by atoms with E-state index in [1.54, 1.807) is 7.11 Å². The summed E-state index contributed by atoms with van der Waals surface area (Å²) in [6.45, 7) is 0.565. The number of halogens is 1. The highest BCUT2D eigenvalue weighted by molar-refractivity contribution is 5.95. The third-order valence-corrected chi connectivity index (χ3v) is 4.68. The molecule has 2 fully saturated rings. The highest BCUT2D eigenvalue weighted by Crippen LogP contribution is 2.33. The molecule has 1 heterocycles. The summed E-state index contributed by atoms with van der Waals surface area (Å²) in [5, 5.41) is 6.55. The molecular formula is C17H25ClN2O2. The predicted octanol–water partition coefficient (Wildman–Crippen LogP) is 3.11. The van der Waals surface area contributed by atoms with Crippen molar-refractivity contribution in [2.75, 3.05) is 12.4 Å². The molecule has 2 N–H and O–H groups in total. The van der Waals surface area contributed by atoms with E-state index in [1.807, 2.05) is 24.3 Å². The van der Waals surface area contributed by atoms with Crippen molar-refractivity contribution in [1.82, 2.24) is 5.32 Å². The lowest BCUT2D eigenvalue weighted by molar-refractivity contribution is -0.117. The number of anilines is 1. The number of carbonyl (C=O) groups is 1. The average molecular weight is 325 g/mol. The topological polar surface area (TPSA) is 50.4 Å². The van der Waals surface area contributed by atoms with Gasteiger partial charge in [-0.3, -0.25) is 4.79 Å². The monoisotopic (exact) mass is 324 g/mol. The van der Waals surface area contributed by atoms with Crippen LogP contribution in [0.2, 0.25) is 0 Å². The van der Waals surface area contributed by atoms with Crippen LogP contribution in [0.25, 0.3) is 0 Å². The molecule has 3 unspecified atom stereocenters. The van der Waals surface area contributed by atoms with Crippen LogP contribution >= 0.6 is 12.4 Å². The van der Waals surface area contributed by atoms with E-state index in [0.717, 1.165) is 17.7 Å². The Hall–Kier alpha value is -1.10. The number of rotatable bonds is 4. The molecular weight excluding hydrogens is 300 g/mol. The van der Waals surface area contributed by atoms with Gasteiger partial charge < -0.3 is 15.4 Å². The molecule has 0 bridgehead atoms. The Morgan fingerprint density at radius 3 is 2.95 bits per heavy atom. The molecule has 0 spiro atoms. The van der Waals surface area contributed by atoms with Crippen molar-refractivity contribution in [3.8, 4) is 0 Å². The summed E-state index contributed by atoms with van der Waals surface area (Å²) in [5.41, 5.74) is 1.93. The van der Waals surface area contributed by atoms with E-state index in [1.165, 1.54) is 25.7 Å². The van der Waals surface area contributed by atoms with E-state index in [4.69, 9.17) is 4.74 Å². The molecule has 1 saturated heterocycles. The summed E-state index contributed by atoms with van der Waals surface area (Å²) in [6, 6.07) is 8.37. The Kier molecular flexibility index (Phi) is 6.24. The first-order valence-corrected chi connectivity index (χ1v) is 7.91. The van der Waals surface area contributed by atoms with E-state index in [-0.39, 0.29) is 24.4 Å². The predicted molar refractivity (Wildman–Crippen MR) is 90.3 cm³/mol. The summed E-state index contributed by atoms with van der Waals surface area (Å²) in [7, 11) is 1.68. The molecule has 1 amide bonds. The van der Waals surface area contributed by atoms with Crippen LogP contribution in [0.15, 0.2) is 24.3 Å². The quantitative estimate of drug-likeness (QED) is 0.894. The molecule has 1 aliphatic heterocycles. The number of fused-ring (bicyclic) bond motifs is 1. The maximum atomic E-state index is 12.4. The molecule has 1 aromatic carbocycles. The number of benzene rings is 1. The van der Waals surface area contributed by atoms with E-state index in [2.05, 4.69) is 10.6 Å². The number of amides is 1. The van der Waals surface area contributed by atoms with Crippen LogP contribution in [0, 0.1) is 5.92 Å². The zero-order valence-electron chi connectivity index (χ0n) is 13.0. The van der Waals surface area contributed by atoms with Gasteiger partial charge in [-0.05, 0) is 42.9 Å². The van der Waals surface area contributed by atoms with Gasteiger partial charge in [-0.2, -0.15) is 0 Å². The van der Waals surface area contributed by atoms with Gasteiger partial charge in [0.05, 0.1) is 12.6 Å². The van der Waals surface area contributed by atoms with Gasteiger partial charge in [0.15, 0.2) is 0 Å². The van der Waals surface area contributed by atoms with Crippen molar-refractivity contribution >= 4 is 24.0 Å². The molecule has 0 radical (unpaired) electrons. The van der Waals surface area contributed by atoms with Gasteiger partial charge in [0.2, 0.25) is 5.91 Å². The summed E-state index contributed by atoms with van der Waals surface area (Å²) in [4.78, 5) is 12.4. The van der Waals surface area contributed by atoms with E-state index in [0.29, 0.717) is 18.6 Å². The van der Waals surface area contributed by atoms with E-state index in [9.17, 15) is 4.79 Å². The zero-order chi connectivity index (χ0) is 14.7. The van der Waals surface area contributed by atoms with Crippen LogP contribution in [0.3, 0.4) is 0 Å². The minimum absolute atomic E-state index is 0. The summed E-state index contributed by atoms with van der Waals surface area (Å²) < 4.78 is 5.13. The van der Waals surface area contributed by atoms with Gasteiger partial charge in [-0.1, -0.05) is 25.0 Å². The largest absolute Gasteiger partial charge is 0.380 e. The highest BCUT2D eigenvalue weighted by Gasteiger charge is 2.38. The SMILES string of the molecule is COCc1cccc(NC(=O)C2CC3CCCCC3N2)c1.Cl. The van der Waals surface area contributed by atoms with Crippen molar-refractivity contribution in [2.45, 2.75) is 50.8 Å². The first-order chi connectivity index (χ1) is 10.3. The van der Waals surface area contributed by atoms with Crippen molar-refractivity contribution in [3.05, 3.63) is 29.8 Å². The number of nitrogens with one attached hydrogen (secondary N) is 2. The Bertz CT molecular complexity index is 495. The fraction of sp³-hybridized carbons (Fsp3) is 0.588. The first-order valence-electron chi connectivity index (χ1n) is 7.91. The third-order valence-electron chi connectivity index (χ3n) is 4.68. The molecule has 1 aromatic rings. The van der Waals surface area contributed by atoms with Gasteiger partial charge in [-0.15, -0.1) is 12.4 Å². The van der Waals surface area contributed by atoms with Crippen LogP contribution in [-0.4, -0.2) is 25.1 Å². The van der Waals surface area contributed by atoms with Gasteiger partial charge in [0, 0.05) is 18.8 Å². The van der Waals surface area contributed by atoms with Crippen molar-refractivity contribution in [1.29, 1.82) is 0 Å².